The summed E-state index contributed by atoms with van der Waals surface area (Å²) in [4.78, 5) is 41.6. The second-order valence-electron chi connectivity index (χ2n) is 7.47. The summed E-state index contributed by atoms with van der Waals surface area (Å²) in [6.07, 6.45) is 13.6. The highest BCUT2D eigenvalue weighted by Gasteiger charge is 2.22. The zero-order valence-corrected chi connectivity index (χ0v) is 21.8. The van der Waals surface area contributed by atoms with E-state index in [1.165, 1.54) is 32.1 Å². The number of rotatable bonds is 16. The van der Waals surface area contributed by atoms with Gasteiger partial charge in [0.2, 0.25) is 0 Å². The van der Waals surface area contributed by atoms with Crippen molar-refractivity contribution in [2.45, 2.75) is 77.2 Å². The van der Waals surface area contributed by atoms with E-state index in [4.69, 9.17) is 25.7 Å². The number of carbonyl (C=O) groups is 2. The summed E-state index contributed by atoms with van der Waals surface area (Å²) in [5.74, 6) is 23.6. The van der Waals surface area contributed by atoms with Gasteiger partial charge in [-0.3, -0.25) is 9.32 Å². The Morgan fingerprint density at radius 1 is 0.784 bits per heavy atom. The average Bonchev–Trinajstić information content (AvgIpc) is 2.85. The normalized spacial score (nSPS) is 10.0. The second kappa shape index (κ2) is 22.8. The SMILES string of the molecule is C#CC#CC#CC#CC#CC#CC(=O)OC[C@@H](COP(=O)(O)O)OC(=O)CCCCCCCCCCC. The first kappa shape index (κ1) is 33.4. The van der Waals surface area contributed by atoms with Crippen molar-refractivity contribution in [3.63, 3.8) is 0 Å². The molecule has 0 fully saturated rings. The van der Waals surface area contributed by atoms with Crippen LogP contribution in [0.2, 0.25) is 0 Å². The molecule has 0 heterocycles. The van der Waals surface area contributed by atoms with Crippen molar-refractivity contribution in [2.24, 2.45) is 0 Å². The van der Waals surface area contributed by atoms with E-state index in [2.05, 4.69) is 76.6 Å². The van der Waals surface area contributed by atoms with Gasteiger partial charge in [-0.1, -0.05) is 58.3 Å². The molecule has 0 aliphatic carbocycles. The molecule has 0 amide bonds. The summed E-state index contributed by atoms with van der Waals surface area (Å²) in [5, 5.41) is 0. The quantitative estimate of drug-likeness (QED) is 0.104. The highest BCUT2D eigenvalue weighted by molar-refractivity contribution is 7.46. The minimum absolute atomic E-state index is 0.132. The maximum Gasteiger partial charge on any atom is 0.469 e. The fraction of sp³-hybridized carbons (Fsp3) is 0.500. The van der Waals surface area contributed by atoms with Crippen molar-refractivity contribution in [1.29, 1.82) is 0 Å². The summed E-state index contributed by atoms with van der Waals surface area (Å²) < 4.78 is 25.4. The molecule has 0 bridgehead atoms. The Balaban J connectivity index is 4.53. The highest BCUT2D eigenvalue weighted by atomic mass is 31.2. The van der Waals surface area contributed by atoms with Gasteiger partial charge in [0.05, 0.1) is 6.61 Å². The number of phosphoric acid groups is 1. The maximum absolute atomic E-state index is 12.1. The predicted octanol–water partition coefficient (Wildman–Crippen LogP) is 3.12. The Morgan fingerprint density at radius 3 is 1.84 bits per heavy atom. The van der Waals surface area contributed by atoms with Crippen molar-refractivity contribution in [1.82, 2.24) is 0 Å². The minimum atomic E-state index is -4.81. The van der Waals surface area contributed by atoms with Crippen molar-refractivity contribution in [2.75, 3.05) is 13.2 Å². The Morgan fingerprint density at radius 2 is 1.30 bits per heavy atom. The Hall–Kier alpha value is -3.59. The van der Waals surface area contributed by atoms with Gasteiger partial charge in [0.15, 0.2) is 6.10 Å². The number of esters is 2. The lowest BCUT2D eigenvalue weighted by atomic mass is 10.1. The van der Waals surface area contributed by atoms with Gasteiger partial charge in [-0.25, -0.2) is 9.36 Å². The Labute approximate surface area is 219 Å². The van der Waals surface area contributed by atoms with Crippen LogP contribution in [-0.2, 0) is 28.2 Å². The molecule has 9 heteroatoms. The molecule has 8 nitrogen and oxygen atoms in total. The van der Waals surface area contributed by atoms with Crippen molar-refractivity contribution in [3.8, 4) is 71.5 Å². The Bertz CT molecular complexity index is 1120. The van der Waals surface area contributed by atoms with Crippen molar-refractivity contribution in [3.05, 3.63) is 0 Å². The van der Waals surface area contributed by atoms with Gasteiger partial charge in [-0.05, 0) is 65.6 Å². The molecule has 0 aliphatic heterocycles. The summed E-state index contributed by atoms with van der Waals surface area (Å²) in [6, 6.07) is 0. The smallest absolute Gasteiger partial charge is 0.456 e. The van der Waals surface area contributed by atoms with E-state index in [-0.39, 0.29) is 6.42 Å². The van der Waals surface area contributed by atoms with Gasteiger partial charge in [-0.15, -0.1) is 6.42 Å². The number of hydrogen-bond acceptors (Lipinski definition) is 6. The standard InChI is InChI=1S/C28H31O8P/c1-3-5-7-9-11-13-15-16-18-20-22-27(29)34-24-26(25-35-37(31,32)33)36-28(30)23-21-19-17-14-12-10-8-6-4-2/h1,26H,4,6,8,10,12,14,17,19,21,23-25H2,2H3,(H2,31,32,33)/t26-/m0/s1. The predicted molar refractivity (Wildman–Crippen MR) is 138 cm³/mol. The van der Waals surface area contributed by atoms with E-state index < -0.39 is 39.1 Å². The molecule has 0 aliphatic rings. The number of carbonyl (C=O) groups excluding carboxylic acids is 2. The lowest BCUT2D eigenvalue weighted by Gasteiger charge is -2.17. The van der Waals surface area contributed by atoms with Gasteiger partial charge in [0.25, 0.3) is 0 Å². The molecule has 196 valence electrons. The maximum atomic E-state index is 12.1. The summed E-state index contributed by atoms with van der Waals surface area (Å²) in [5.41, 5.74) is 0. The molecule has 0 rings (SSSR count). The van der Waals surface area contributed by atoms with Crippen LogP contribution in [0.25, 0.3) is 0 Å². The number of ether oxygens (including phenoxy) is 2. The molecule has 37 heavy (non-hydrogen) atoms. The van der Waals surface area contributed by atoms with Crippen LogP contribution in [0.15, 0.2) is 0 Å². The molecule has 0 saturated carbocycles. The fourth-order valence-corrected chi connectivity index (χ4v) is 3.02. The van der Waals surface area contributed by atoms with Crippen LogP contribution in [0.3, 0.4) is 0 Å². The molecular formula is C28H31O8P. The largest absolute Gasteiger partial charge is 0.469 e. The van der Waals surface area contributed by atoms with Crippen LogP contribution in [0.4, 0.5) is 0 Å². The molecular weight excluding hydrogens is 495 g/mol. The molecule has 1 atom stereocenters. The third-order valence-electron chi connectivity index (χ3n) is 4.35. The van der Waals surface area contributed by atoms with Crippen LogP contribution < -0.4 is 0 Å². The van der Waals surface area contributed by atoms with E-state index in [1.54, 1.807) is 0 Å². The van der Waals surface area contributed by atoms with E-state index in [1.807, 2.05) is 0 Å². The fourth-order valence-electron chi connectivity index (χ4n) is 2.66. The first-order chi connectivity index (χ1) is 17.8. The minimum Gasteiger partial charge on any atom is -0.456 e. The van der Waals surface area contributed by atoms with E-state index in [0.29, 0.717) is 6.42 Å². The summed E-state index contributed by atoms with van der Waals surface area (Å²) >= 11 is 0. The third-order valence-corrected chi connectivity index (χ3v) is 4.83. The van der Waals surface area contributed by atoms with Gasteiger partial charge < -0.3 is 19.3 Å². The second-order valence-corrected chi connectivity index (χ2v) is 8.71. The lowest BCUT2D eigenvalue weighted by Crippen LogP contribution is -2.29. The van der Waals surface area contributed by atoms with Crippen LogP contribution in [0.5, 0.6) is 0 Å². The van der Waals surface area contributed by atoms with Crippen molar-refractivity contribution >= 4 is 19.8 Å². The Kier molecular flexibility index (Phi) is 20.6. The monoisotopic (exact) mass is 526 g/mol. The van der Waals surface area contributed by atoms with Gasteiger partial charge in [-0.2, -0.15) is 0 Å². The molecule has 0 radical (unpaired) electrons. The lowest BCUT2D eigenvalue weighted by molar-refractivity contribution is -0.158. The topological polar surface area (TPSA) is 119 Å². The third kappa shape index (κ3) is 25.3. The molecule has 0 spiro atoms. The first-order valence-electron chi connectivity index (χ1n) is 11.8. The number of hydrogen-bond donors (Lipinski definition) is 2. The number of unbranched alkanes of at least 4 members (excludes halogenated alkanes) is 8. The molecule has 0 aromatic heterocycles. The van der Waals surface area contributed by atoms with Crippen molar-refractivity contribution < 1.29 is 37.9 Å². The zero-order chi connectivity index (χ0) is 27.6. The van der Waals surface area contributed by atoms with Gasteiger partial charge in [0, 0.05) is 12.3 Å². The van der Waals surface area contributed by atoms with Gasteiger partial charge >= 0.3 is 19.8 Å². The molecule has 0 unspecified atom stereocenters. The first-order valence-corrected chi connectivity index (χ1v) is 13.3. The van der Waals surface area contributed by atoms with Crippen LogP contribution >= 0.6 is 7.82 Å². The van der Waals surface area contributed by atoms with E-state index in [9.17, 15) is 14.2 Å². The highest BCUT2D eigenvalue weighted by Crippen LogP contribution is 2.35. The molecule has 0 aromatic rings. The van der Waals surface area contributed by atoms with Crippen LogP contribution in [0, 0.1) is 71.5 Å². The number of terminal acetylenes is 1. The molecule has 2 N–H and O–H groups in total. The molecule has 0 aromatic carbocycles. The van der Waals surface area contributed by atoms with Crippen LogP contribution in [-0.4, -0.2) is 41.0 Å². The number of phosphoric ester groups is 1. The van der Waals surface area contributed by atoms with Gasteiger partial charge in [0.1, 0.15) is 6.61 Å². The van der Waals surface area contributed by atoms with Crippen LogP contribution in [0.1, 0.15) is 71.1 Å². The summed E-state index contributed by atoms with van der Waals surface area (Å²) in [6.45, 7) is 1.02. The van der Waals surface area contributed by atoms with E-state index >= 15 is 0 Å². The van der Waals surface area contributed by atoms with E-state index in [0.717, 1.165) is 19.3 Å². The average molecular weight is 527 g/mol. The summed E-state index contributed by atoms with van der Waals surface area (Å²) in [7, 11) is -4.81. The zero-order valence-electron chi connectivity index (χ0n) is 20.9. The molecule has 0 saturated heterocycles.